The Hall–Kier alpha value is -1.35. The molecule has 4 heteroatoms. The van der Waals surface area contributed by atoms with Crippen LogP contribution in [0.25, 0.3) is 5.57 Å². The van der Waals surface area contributed by atoms with Gasteiger partial charge in [0, 0.05) is 12.1 Å². The van der Waals surface area contributed by atoms with Crippen LogP contribution >= 0.6 is 11.6 Å². The molecule has 1 aromatic rings. The summed E-state index contributed by atoms with van der Waals surface area (Å²) in [6, 6.07) is 3.43. The molecule has 0 aromatic heterocycles. The fraction of sp³-hybridized carbons (Fsp3) is 0.357. The van der Waals surface area contributed by atoms with Gasteiger partial charge in [0.15, 0.2) is 0 Å². The zero-order valence-corrected chi connectivity index (χ0v) is 10.6. The van der Waals surface area contributed by atoms with Gasteiger partial charge in [-0.25, -0.2) is 4.39 Å². The largest absolute Gasteiger partial charge is 0.350 e. The van der Waals surface area contributed by atoms with Crippen LogP contribution in [0.15, 0.2) is 18.2 Å². The van der Waals surface area contributed by atoms with Crippen LogP contribution < -0.4 is 5.32 Å². The predicted octanol–water partition coefficient (Wildman–Crippen LogP) is 3.09. The second-order valence-corrected chi connectivity index (χ2v) is 5.28. The Balaban J connectivity index is 1.86. The second kappa shape index (κ2) is 4.39. The van der Waals surface area contributed by atoms with Crippen LogP contribution in [0, 0.1) is 5.82 Å². The van der Waals surface area contributed by atoms with Crippen molar-refractivity contribution in [2.24, 2.45) is 0 Å². The van der Waals surface area contributed by atoms with Gasteiger partial charge in [-0.2, -0.15) is 0 Å². The summed E-state index contributed by atoms with van der Waals surface area (Å²) in [6.07, 6.45) is 5.31. The molecule has 18 heavy (non-hydrogen) atoms. The van der Waals surface area contributed by atoms with E-state index in [0.29, 0.717) is 6.04 Å². The van der Waals surface area contributed by atoms with Crippen molar-refractivity contribution in [2.75, 3.05) is 0 Å². The quantitative estimate of drug-likeness (QED) is 0.818. The number of fused-ring (bicyclic) bond motifs is 1. The van der Waals surface area contributed by atoms with Crippen LogP contribution in [0.5, 0.6) is 0 Å². The first kappa shape index (κ1) is 11.7. The number of amides is 1. The van der Waals surface area contributed by atoms with Gasteiger partial charge in [0.1, 0.15) is 5.82 Å². The Labute approximate surface area is 110 Å². The van der Waals surface area contributed by atoms with Crippen molar-refractivity contribution in [1.29, 1.82) is 0 Å². The van der Waals surface area contributed by atoms with Gasteiger partial charge in [-0.1, -0.05) is 11.6 Å². The molecule has 0 unspecified atom stereocenters. The molecule has 0 aliphatic heterocycles. The number of rotatable bonds is 2. The van der Waals surface area contributed by atoms with Crippen molar-refractivity contribution in [2.45, 2.75) is 31.7 Å². The molecule has 0 radical (unpaired) electrons. The highest BCUT2D eigenvalue weighted by molar-refractivity contribution is 6.30. The number of hydrogen-bond donors (Lipinski definition) is 1. The minimum absolute atomic E-state index is 0.0734. The molecule has 0 spiro atoms. The van der Waals surface area contributed by atoms with E-state index in [1.54, 1.807) is 12.1 Å². The summed E-state index contributed by atoms with van der Waals surface area (Å²) in [5.41, 5.74) is 2.74. The van der Waals surface area contributed by atoms with Gasteiger partial charge in [0.2, 0.25) is 5.91 Å². The van der Waals surface area contributed by atoms with Crippen LogP contribution in [-0.4, -0.2) is 11.9 Å². The van der Waals surface area contributed by atoms with E-state index in [1.807, 2.05) is 0 Å². The zero-order chi connectivity index (χ0) is 12.7. The van der Waals surface area contributed by atoms with Gasteiger partial charge in [-0.05, 0) is 54.5 Å². The van der Waals surface area contributed by atoms with Gasteiger partial charge in [0.05, 0.1) is 5.02 Å². The first-order valence-corrected chi connectivity index (χ1v) is 6.50. The number of halogens is 2. The third-order valence-electron chi connectivity index (χ3n) is 3.38. The summed E-state index contributed by atoms with van der Waals surface area (Å²) in [6.45, 7) is 0. The maximum absolute atomic E-state index is 13.4. The van der Waals surface area contributed by atoms with E-state index in [9.17, 15) is 9.18 Å². The third-order valence-corrected chi connectivity index (χ3v) is 3.67. The lowest BCUT2D eigenvalue weighted by molar-refractivity contribution is -0.116. The van der Waals surface area contributed by atoms with Crippen LogP contribution in [-0.2, 0) is 11.2 Å². The molecule has 0 bridgehead atoms. The highest BCUT2D eigenvalue weighted by Crippen LogP contribution is 2.35. The van der Waals surface area contributed by atoms with Crippen LogP contribution in [0.4, 0.5) is 4.39 Å². The average Bonchev–Trinajstić information content (AvgIpc) is 3.05. The maximum atomic E-state index is 13.4. The van der Waals surface area contributed by atoms with Crippen molar-refractivity contribution in [3.05, 3.63) is 40.2 Å². The lowest BCUT2D eigenvalue weighted by Gasteiger charge is -2.04. The number of carbonyl (C=O) groups excluding carboxylic acids is 1. The minimum Gasteiger partial charge on any atom is -0.350 e. The van der Waals surface area contributed by atoms with E-state index in [0.717, 1.165) is 42.4 Å². The van der Waals surface area contributed by atoms with Crippen molar-refractivity contribution in [3.63, 3.8) is 0 Å². The monoisotopic (exact) mass is 265 g/mol. The summed E-state index contributed by atoms with van der Waals surface area (Å²) >= 11 is 5.75. The van der Waals surface area contributed by atoms with E-state index in [1.165, 1.54) is 6.07 Å². The summed E-state index contributed by atoms with van der Waals surface area (Å²) in [7, 11) is 0. The summed E-state index contributed by atoms with van der Waals surface area (Å²) in [5.74, 6) is -0.499. The molecular formula is C14H13ClFNO. The smallest absolute Gasteiger partial charge is 0.244 e. The van der Waals surface area contributed by atoms with Crippen LogP contribution in [0.3, 0.4) is 0 Å². The predicted molar refractivity (Wildman–Crippen MR) is 68.9 cm³/mol. The van der Waals surface area contributed by atoms with Crippen molar-refractivity contribution >= 4 is 23.1 Å². The van der Waals surface area contributed by atoms with E-state index in [2.05, 4.69) is 5.32 Å². The zero-order valence-electron chi connectivity index (χ0n) is 9.80. The standard InChI is InChI=1S/C14H13ClFNO/c15-12-5-8-1-2-9(11(8)7-13(12)16)6-14(18)17-10-3-4-10/h5-7,10H,1-4H2,(H,17,18)/b9-6+. The lowest BCUT2D eigenvalue weighted by Crippen LogP contribution is -2.23. The molecule has 0 heterocycles. The average molecular weight is 266 g/mol. The van der Waals surface area contributed by atoms with Gasteiger partial charge in [0.25, 0.3) is 0 Å². The number of benzene rings is 1. The molecule has 0 saturated heterocycles. The Bertz CT molecular complexity index is 549. The van der Waals surface area contributed by atoms with E-state index >= 15 is 0 Å². The molecule has 1 amide bonds. The van der Waals surface area contributed by atoms with Gasteiger partial charge >= 0.3 is 0 Å². The number of hydrogen-bond acceptors (Lipinski definition) is 1. The Kier molecular flexibility index (Phi) is 2.86. The number of nitrogens with one attached hydrogen (secondary N) is 1. The van der Waals surface area contributed by atoms with Gasteiger partial charge in [-0.15, -0.1) is 0 Å². The summed E-state index contributed by atoms with van der Waals surface area (Å²) in [4.78, 5) is 11.7. The highest BCUT2D eigenvalue weighted by atomic mass is 35.5. The first-order chi connectivity index (χ1) is 8.63. The topological polar surface area (TPSA) is 29.1 Å². The Morgan fingerprint density at radius 2 is 2.17 bits per heavy atom. The molecule has 2 aliphatic carbocycles. The summed E-state index contributed by atoms with van der Waals surface area (Å²) < 4.78 is 13.4. The fourth-order valence-electron chi connectivity index (χ4n) is 2.28. The van der Waals surface area contributed by atoms with Crippen molar-refractivity contribution < 1.29 is 9.18 Å². The molecule has 1 fully saturated rings. The summed E-state index contributed by atoms with van der Waals surface area (Å²) in [5, 5.41) is 3.05. The van der Waals surface area contributed by atoms with Crippen molar-refractivity contribution in [3.8, 4) is 0 Å². The molecular weight excluding hydrogens is 253 g/mol. The lowest BCUT2D eigenvalue weighted by atomic mass is 10.1. The van der Waals surface area contributed by atoms with E-state index in [4.69, 9.17) is 11.6 Å². The number of aryl methyl sites for hydroxylation is 1. The van der Waals surface area contributed by atoms with Crippen molar-refractivity contribution in [1.82, 2.24) is 5.32 Å². The molecule has 2 nitrogen and oxygen atoms in total. The molecule has 94 valence electrons. The molecule has 2 aliphatic rings. The highest BCUT2D eigenvalue weighted by Gasteiger charge is 2.24. The third kappa shape index (κ3) is 2.27. The molecule has 3 rings (SSSR count). The van der Waals surface area contributed by atoms with Gasteiger partial charge in [-0.3, -0.25) is 4.79 Å². The van der Waals surface area contributed by atoms with Crippen LogP contribution in [0.2, 0.25) is 5.02 Å². The SMILES string of the molecule is O=C(/C=C1\CCc2cc(Cl)c(F)cc21)NC1CC1. The Morgan fingerprint density at radius 3 is 2.89 bits per heavy atom. The molecule has 1 aromatic carbocycles. The number of allylic oxidation sites excluding steroid dienone is 1. The normalized spacial score (nSPS) is 20.0. The Morgan fingerprint density at radius 1 is 1.39 bits per heavy atom. The minimum atomic E-state index is -0.425. The second-order valence-electron chi connectivity index (χ2n) is 4.88. The number of carbonyl (C=O) groups is 1. The molecule has 1 saturated carbocycles. The van der Waals surface area contributed by atoms with Crippen LogP contribution in [0.1, 0.15) is 30.4 Å². The fourth-order valence-corrected chi connectivity index (χ4v) is 2.46. The van der Waals surface area contributed by atoms with Gasteiger partial charge < -0.3 is 5.32 Å². The molecule has 0 atom stereocenters. The van der Waals surface area contributed by atoms with E-state index in [-0.39, 0.29) is 10.9 Å². The first-order valence-electron chi connectivity index (χ1n) is 6.13. The van der Waals surface area contributed by atoms with E-state index < -0.39 is 5.82 Å². The molecule has 1 N–H and O–H groups in total. The maximum Gasteiger partial charge on any atom is 0.244 e.